The van der Waals surface area contributed by atoms with E-state index in [1.54, 1.807) is 0 Å². The minimum Gasteiger partial charge on any atom is -0.324 e. The van der Waals surface area contributed by atoms with Crippen LogP contribution in [0, 0.1) is 19.9 Å². The van der Waals surface area contributed by atoms with E-state index < -0.39 is 0 Å². The van der Waals surface area contributed by atoms with Gasteiger partial charge in [-0.2, -0.15) is 0 Å². The number of unbranched alkanes of at least 4 members (excludes halogenated alkanes) is 1. The maximum absolute atomic E-state index is 4.76. The lowest BCUT2D eigenvalue weighted by Crippen LogP contribution is -2.01. The topological polar surface area (TPSA) is 17.8 Å². The molecule has 0 saturated carbocycles. The molecule has 0 unspecified atom stereocenters. The fraction of sp³-hybridized carbons (Fsp3) is 0.333. The van der Waals surface area contributed by atoms with Crippen molar-refractivity contribution in [1.82, 2.24) is 9.55 Å². The zero-order chi connectivity index (χ0) is 18.9. The highest BCUT2D eigenvalue weighted by Gasteiger charge is 2.08. The molecule has 1 heterocycles. The smallest absolute Gasteiger partial charge is 0.107 e. The van der Waals surface area contributed by atoms with Crippen LogP contribution < -0.4 is 0 Å². The summed E-state index contributed by atoms with van der Waals surface area (Å²) in [7, 11) is 0. The van der Waals surface area contributed by atoms with Crippen LogP contribution in [0.4, 0.5) is 0 Å². The van der Waals surface area contributed by atoms with Crippen molar-refractivity contribution in [2.75, 3.05) is 0 Å². The number of hydrogen-bond acceptors (Lipinski definition) is 1. The quantitative estimate of drug-likeness (QED) is 0.384. The van der Waals surface area contributed by atoms with E-state index in [0.29, 0.717) is 0 Å². The van der Waals surface area contributed by atoms with Crippen LogP contribution in [-0.4, -0.2) is 9.55 Å². The molecule has 0 fully saturated rings. The van der Waals surface area contributed by atoms with E-state index in [4.69, 9.17) is 4.98 Å². The molecule has 3 aromatic rings. The first-order chi connectivity index (χ1) is 12.7. The van der Waals surface area contributed by atoms with Gasteiger partial charge in [0.05, 0.1) is 11.0 Å². The normalized spacial score (nSPS) is 10.2. The fourth-order valence-corrected chi connectivity index (χ4v) is 3.00. The molecule has 0 bridgehead atoms. The average molecular weight is 346 g/mol. The Morgan fingerprint density at radius 3 is 2.38 bits per heavy atom. The second-order valence-corrected chi connectivity index (χ2v) is 6.26. The zero-order valence-corrected chi connectivity index (χ0v) is 16.5. The Morgan fingerprint density at radius 2 is 1.69 bits per heavy atom. The van der Waals surface area contributed by atoms with E-state index in [1.165, 1.54) is 22.2 Å². The van der Waals surface area contributed by atoms with Crippen molar-refractivity contribution >= 4 is 11.0 Å². The summed E-state index contributed by atoms with van der Waals surface area (Å²) in [6, 6.07) is 15.3. The third-order valence-electron chi connectivity index (χ3n) is 4.36. The van der Waals surface area contributed by atoms with Gasteiger partial charge in [-0.3, -0.25) is 0 Å². The van der Waals surface area contributed by atoms with E-state index in [9.17, 15) is 0 Å². The van der Waals surface area contributed by atoms with E-state index in [2.05, 4.69) is 79.3 Å². The minimum absolute atomic E-state index is 0.862. The fourth-order valence-electron chi connectivity index (χ4n) is 3.00. The Hall–Kier alpha value is -2.57. The summed E-state index contributed by atoms with van der Waals surface area (Å²) >= 11 is 0. The monoisotopic (exact) mass is 345 g/mol. The van der Waals surface area contributed by atoms with Crippen LogP contribution in [0.15, 0.2) is 54.8 Å². The number of imidazole rings is 1. The molecule has 0 saturated heterocycles. The van der Waals surface area contributed by atoms with Crippen LogP contribution in [0.3, 0.4) is 0 Å². The van der Waals surface area contributed by atoms with Gasteiger partial charge in [-0.1, -0.05) is 56.3 Å². The summed E-state index contributed by atoms with van der Waals surface area (Å²) in [5, 5.41) is 0. The van der Waals surface area contributed by atoms with Gasteiger partial charge < -0.3 is 4.57 Å². The first kappa shape index (κ1) is 19.8. The first-order valence-electron chi connectivity index (χ1n) is 9.43. The molecule has 0 N–H and O–H groups in total. The van der Waals surface area contributed by atoms with Crippen molar-refractivity contribution in [2.45, 2.75) is 53.5 Å². The number of aromatic nitrogens is 2. The van der Waals surface area contributed by atoms with Gasteiger partial charge >= 0.3 is 0 Å². The van der Waals surface area contributed by atoms with Crippen LogP contribution >= 0.6 is 0 Å². The Balaban J connectivity index is 0.00000117. The van der Waals surface area contributed by atoms with Gasteiger partial charge in [-0.15, -0.1) is 5.73 Å². The minimum atomic E-state index is 0.862. The number of rotatable bonds is 6. The van der Waals surface area contributed by atoms with E-state index in [-0.39, 0.29) is 0 Å². The number of hydrogen-bond donors (Lipinski definition) is 0. The zero-order valence-electron chi connectivity index (χ0n) is 16.5. The van der Waals surface area contributed by atoms with Crippen molar-refractivity contribution < 1.29 is 0 Å². The number of fused-ring (bicyclic) bond motifs is 1. The highest BCUT2D eigenvalue weighted by Crippen LogP contribution is 2.20. The summed E-state index contributed by atoms with van der Waals surface area (Å²) in [6.45, 7) is 12.6. The number of allylic oxidation sites excluding steroid dienone is 1. The third kappa shape index (κ3) is 4.97. The van der Waals surface area contributed by atoms with Gasteiger partial charge in [-0.05, 0) is 56.4 Å². The molecule has 1 radical (unpaired) electrons. The van der Waals surface area contributed by atoms with Crippen LogP contribution in [0.2, 0.25) is 0 Å². The van der Waals surface area contributed by atoms with Gasteiger partial charge in [0.1, 0.15) is 5.82 Å². The summed E-state index contributed by atoms with van der Waals surface area (Å²) < 4.78 is 2.29. The standard InChI is InChI=1S/C22H23N2.C2H6/c1-4-5-6-7-8-19-13-14-22-21(15-19)23-18(3)24(22)16-20-11-9-17(2)10-12-20;1-2/h9-15H,1,6-8,16H2,2-3H3;1-2H3. The Kier molecular flexibility index (Phi) is 7.44. The highest BCUT2D eigenvalue weighted by atomic mass is 15.1. The Morgan fingerprint density at radius 1 is 1.00 bits per heavy atom. The van der Waals surface area contributed by atoms with Crippen LogP contribution in [0.5, 0.6) is 0 Å². The van der Waals surface area contributed by atoms with Gasteiger partial charge in [0.2, 0.25) is 0 Å². The van der Waals surface area contributed by atoms with Gasteiger partial charge in [0.25, 0.3) is 0 Å². The summed E-state index contributed by atoms with van der Waals surface area (Å²) in [5.74, 6) is 1.06. The van der Waals surface area contributed by atoms with Crippen molar-refractivity contribution in [1.29, 1.82) is 0 Å². The molecular weight excluding hydrogens is 316 g/mol. The molecule has 1 aromatic heterocycles. The Labute approximate surface area is 157 Å². The lowest BCUT2D eigenvalue weighted by Gasteiger charge is -2.08. The predicted molar refractivity (Wildman–Crippen MR) is 111 cm³/mol. The largest absolute Gasteiger partial charge is 0.324 e. The van der Waals surface area contributed by atoms with Crippen LogP contribution in [-0.2, 0) is 13.0 Å². The first-order valence-corrected chi connectivity index (χ1v) is 9.43. The Bertz CT molecular complexity index is 878. The van der Waals surface area contributed by atoms with Crippen LogP contribution in [0.25, 0.3) is 11.0 Å². The molecule has 135 valence electrons. The van der Waals surface area contributed by atoms with Crippen molar-refractivity contribution in [3.05, 3.63) is 83.4 Å². The molecule has 0 aliphatic rings. The highest BCUT2D eigenvalue weighted by molar-refractivity contribution is 5.77. The SMILES string of the molecule is C=C=[C]CCCc1ccc2c(c1)nc(C)n2Cc1ccc(C)cc1.CC. The molecule has 0 spiro atoms. The molecule has 26 heavy (non-hydrogen) atoms. The van der Waals surface area contributed by atoms with Crippen molar-refractivity contribution in [3.8, 4) is 0 Å². The molecule has 0 atom stereocenters. The molecule has 3 rings (SSSR count). The second kappa shape index (κ2) is 9.79. The molecule has 2 nitrogen and oxygen atoms in total. The summed E-state index contributed by atoms with van der Waals surface area (Å²) in [4.78, 5) is 4.76. The second-order valence-electron chi connectivity index (χ2n) is 6.26. The summed E-state index contributed by atoms with van der Waals surface area (Å²) in [6.07, 6.45) is 6.03. The molecule has 0 aliphatic heterocycles. The number of benzene rings is 2. The van der Waals surface area contributed by atoms with E-state index >= 15 is 0 Å². The van der Waals surface area contributed by atoms with E-state index in [1.807, 2.05) is 13.8 Å². The maximum atomic E-state index is 4.76. The van der Waals surface area contributed by atoms with Crippen molar-refractivity contribution in [3.63, 3.8) is 0 Å². The van der Waals surface area contributed by atoms with Crippen LogP contribution in [0.1, 0.15) is 49.2 Å². The molecule has 2 aromatic carbocycles. The average Bonchev–Trinajstić information content (AvgIpc) is 2.97. The molecule has 0 amide bonds. The molecule has 0 aliphatic carbocycles. The molecule has 2 heteroatoms. The summed E-state index contributed by atoms with van der Waals surface area (Å²) in [5.41, 5.74) is 8.91. The lowest BCUT2D eigenvalue weighted by atomic mass is 10.1. The number of aryl methyl sites for hydroxylation is 3. The van der Waals surface area contributed by atoms with E-state index in [0.717, 1.165) is 37.1 Å². The number of nitrogens with zero attached hydrogens (tertiary/aromatic N) is 2. The predicted octanol–water partition coefficient (Wildman–Crippen LogP) is 6.19. The molecular formula is C24H29N2. The third-order valence-corrected chi connectivity index (χ3v) is 4.36. The van der Waals surface area contributed by atoms with Gasteiger partial charge in [-0.25, -0.2) is 4.98 Å². The van der Waals surface area contributed by atoms with Crippen molar-refractivity contribution in [2.24, 2.45) is 0 Å². The van der Waals surface area contributed by atoms with Gasteiger partial charge in [0, 0.05) is 12.6 Å². The van der Waals surface area contributed by atoms with Gasteiger partial charge in [0.15, 0.2) is 0 Å². The maximum Gasteiger partial charge on any atom is 0.107 e. The lowest BCUT2D eigenvalue weighted by molar-refractivity contribution is 0.785.